The molecular weight excluding hydrogens is 316 g/mol. The van der Waals surface area contributed by atoms with E-state index in [0.717, 1.165) is 30.4 Å². The molecule has 0 bridgehead atoms. The van der Waals surface area contributed by atoms with Gasteiger partial charge in [-0.25, -0.2) is 0 Å². The van der Waals surface area contributed by atoms with E-state index in [0.29, 0.717) is 5.75 Å². The Kier molecular flexibility index (Phi) is 4.31. The normalized spacial score (nSPS) is 24.0. The van der Waals surface area contributed by atoms with Crippen LogP contribution in [0, 0.1) is 0 Å². The first-order chi connectivity index (χ1) is 10.8. The first kappa shape index (κ1) is 16.6. The van der Waals surface area contributed by atoms with Crippen molar-refractivity contribution in [3.8, 4) is 11.5 Å². The Morgan fingerprint density at radius 1 is 1.17 bits per heavy atom. The van der Waals surface area contributed by atoms with Gasteiger partial charge in [-0.15, -0.1) is 0 Å². The smallest absolute Gasteiger partial charge is 0.306 e. The Labute approximate surface area is 138 Å². The van der Waals surface area contributed by atoms with E-state index in [1.807, 2.05) is 0 Å². The van der Waals surface area contributed by atoms with Gasteiger partial charge in [0.05, 0.1) is 17.8 Å². The number of hydrogen-bond donors (Lipinski definition) is 0. The summed E-state index contributed by atoms with van der Waals surface area (Å²) in [7, 11) is -3.54. The lowest BCUT2D eigenvalue weighted by molar-refractivity contribution is -0.146. The zero-order chi connectivity index (χ0) is 16.7. The lowest BCUT2D eigenvalue weighted by Crippen LogP contribution is -2.38. The Morgan fingerprint density at radius 3 is 2.52 bits per heavy atom. The van der Waals surface area contributed by atoms with Gasteiger partial charge in [-0.1, -0.05) is 19.3 Å². The molecule has 0 aromatic heterocycles. The van der Waals surface area contributed by atoms with Gasteiger partial charge >= 0.3 is 10.1 Å². The predicted octanol–water partition coefficient (Wildman–Crippen LogP) is 3.37. The molecule has 0 radical (unpaired) electrons. The maximum Gasteiger partial charge on any atom is 0.306 e. The Balaban J connectivity index is 1.79. The summed E-state index contributed by atoms with van der Waals surface area (Å²) < 4.78 is 39.8. The molecule has 1 aliphatic heterocycles. The molecule has 3 rings (SSSR count). The molecule has 0 amide bonds. The lowest BCUT2D eigenvalue weighted by atomic mass is 9.85. The molecule has 1 unspecified atom stereocenters. The Morgan fingerprint density at radius 2 is 1.87 bits per heavy atom. The van der Waals surface area contributed by atoms with Crippen LogP contribution in [0.25, 0.3) is 0 Å². The molecule has 1 saturated carbocycles. The van der Waals surface area contributed by atoms with Crippen LogP contribution in [0.2, 0.25) is 0 Å². The van der Waals surface area contributed by atoms with Crippen LogP contribution in [0.1, 0.15) is 51.5 Å². The zero-order valence-corrected chi connectivity index (χ0v) is 14.7. The first-order valence-corrected chi connectivity index (χ1v) is 9.93. The molecule has 128 valence electrons. The summed E-state index contributed by atoms with van der Waals surface area (Å²) in [4.78, 5) is 0. The highest BCUT2D eigenvalue weighted by atomic mass is 32.2. The molecule has 23 heavy (non-hydrogen) atoms. The molecule has 1 heterocycles. The van der Waals surface area contributed by atoms with Gasteiger partial charge in [0.2, 0.25) is 6.29 Å². The summed E-state index contributed by atoms with van der Waals surface area (Å²) in [6.07, 6.45) is 6.78. The fraction of sp³-hybridized carbons (Fsp3) is 0.647. The van der Waals surface area contributed by atoms with Crippen LogP contribution < -0.4 is 8.92 Å². The second-order valence-corrected chi connectivity index (χ2v) is 8.59. The van der Waals surface area contributed by atoms with Gasteiger partial charge in [0, 0.05) is 5.56 Å². The summed E-state index contributed by atoms with van der Waals surface area (Å²) >= 11 is 0. The largest absolute Gasteiger partial charge is 0.464 e. The molecule has 1 atom stereocenters. The second kappa shape index (κ2) is 5.98. The van der Waals surface area contributed by atoms with E-state index < -0.39 is 10.1 Å². The fourth-order valence-corrected chi connectivity index (χ4v) is 3.76. The molecular formula is C17H24O5S. The van der Waals surface area contributed by atoms with E-state index in [9.17, 15) is 8.42 Å². The number of benzene rings is 1. The van der Waals surface area contributed by atoms with Crippen LogP contribution in [0.15, 0.2) is 18.2 Å². The first-order valence-electron chi connectivity index (χ1n) is 8.12. The van der Waals surface area contributed by atoms with E-state index in [1.54, 1.807) is 18.2 Å². The van der Waals surface area contributed by atoms with E-state index in [4.69, 9.17) is 13.7 Å². The minimum Gasteiger partial charge on any atom is -0.464 e. The van der Waals surface area contributed by atoms with Crippen molar-refractivity contribution in [2.75, 3.05) is 6.26 Å². The van der Waals surface area contributed by atoms with Crippen molar-refractivity contribution in [3.63, 3.8) is 0 Å². The van der Waals surface area contributed by atoms with Crippen LogP contribution in [0.5, 0.6) is 11.5 Å². The van der Waals surface area contributed by atoms with Gasteiger partial charge in [0.25, 0.3) is 0 Å². The summed E-state index contributed by atoms with van der Waals surface area (Å²) in [5.74, 6) is 1.04. The Bertz CT molecular complexity index is 674. The maximum absolute atomic E-state index is 11.3. The van der Waals surface area contributed by atoms with E-state index >= 15 is 0 Å². The van der Waals surface area contributed by atoms with Crippen LogP contribution in [-0.4, -0.2) is 27.1 Å². The standard InChI is InChI=1S/C17H24O5S/c1-17(2)14-11-13(22-23(3,18)19)9-10-15(14)21-16(17)20-12-7-5-4-6-8-12/h9-12,16H,4-8H2,1-3H3. The summed E-state index contributed by atoms with van der Waals surface area (Å²) in [6.45, 7) is 4.10. The van der Waals surface area contributed by atoms with Gasteiger partial charge in [-0.2, -0.15) is 8.42 Å². The third-order valence-corrected chi connectivity index (χ3v) is 5.08. The van der Waals surface area contributed by atoms with Crippen LogP contribution in [-0.2, 0) is 20.3 Å². The summed E-state index contributed by atoms with van der Waals surface area (Å²) in [6, 6.07) is 5.10. The summed E-state index contributed by atoms with van der Waals surface area (Å²) in [5.41, 5.74) is 0.559. The monoisotopic (exact) mass is 340 g/mol. The van der Waals surface area contributed by atoms with Gasteiger partial charge < -0.3 is 13.7 Å². The number of rotatable bonds is 4. The maximum atomic E-state index is 11.3. The van der Waals surface area contributed by atoms with Crippen LogP contribution >= 0.6 is 0 Å². The highest BCUT2D eigenvalue weighted by Gasteiger charge is 2.44. The van der Waals surface area contributed by atoms with Crippen LogP contribution in [0.3, 0.4) is 0 Å². The minimum atomic E-state index is -3.54. The lowest BCUT2D eigenvalue weighted by Gasteiger charge is -2.31. The molecule has 0 spiro atoms. The molecule has 1 aromatic carbocycles. The van der Waals surface area contributed by atoms with Gasteiger partial charge in [0.15, 0.2) is 0 Å². The van der Waals surface area contributed by atoms with E-state index in [2.05, 4.69) is 13.8 Å². The summed E-state index contributed by atoms with van der Waals surface area (Å²) in [5, 5.41) is 0. The minimum absolute atomic E-state index is 0.245. The van der Waals surface area contributed by atoms with Crippen molar-refractivity contribution in [1.82, 2.24) is 0 Å². The van der Waals surface area contributed by atoms with E-state index in [-0.39, 0.29) is 17.8 Å². The molecule has 6 heteroatoms. The fourth-order valence-electron chi connectivity index (χ4n) is 3.31. The number of hydrogen-bond acceptors (Lipinski definition) is 5. The topological polar surface area (TPSA) is 61.8 Å². The van der Waals surface area contributed by atoms with Gasteiger partial charge in [0.1, 0.15) is 11.5 Å². The molecule has 0 N–H and O–H groups in total. The predicted molar refractivity (Wildman–Crippen MR) is 87.3 cm³/mol. The van der Waals surface area contributed by atoms with Crippen LogP contribution in [0.4, 0.5) is 0 Å². The van der Waals surface area contributed by atoms with Gasteiger partial charge in [-0.3, -0.25) is 0 Å². The van der Waals surface area contributed by atoms with Crippen molar-refractivity contribution in [3.05, 3.63) is 23.8 Å². The third-order valence-electron chi connectivity index (χ3n) is 4.58. The van der Waals surface area contributed by atoms with Crippen molar-refractivity contribution in [2.45, 2.75) is 63.8 Å². The van der Waals surface area contributed by atoms with Gasteiger partial charge in [-0.05, 0) is 44.9 Å². The van der Waals surface area contributed by atoms with E-state index in [1.165, 1.54) is 19.3 Å². The van der Waals surface area contributed by atoms with Crippen molar-refractivity contribution >= 4 is 10.1 Å². The molecule has 1 aromatic rings. The number of fused-ring (bicyclic) bond motifs is 1. The zero-order valence-electron chi connectivity index (χ0n) is 13.9. The average molecular weight is 340 g/mol. The molecule has 1 aliphatic carbocycles. The highest BCUT2D eigenvalue weighted by Crippen LogP contribution is 2.45. The second-order valence-electron chi connectivity index (χ2n) is 7.01. The molecule has 0 saturated heterocycles. The molecule has 5 nitrogen and oxygen atoms in total. The Hall–Kier alpha value is -1.27. The quantitative estimate of drug-likeness (QED) is 0.787. The van der Waals surface area contributed by atoms with Crippen molar-refractivity contribution in [1.29, 1.82) is 0 Å². The average Bonchev–Trinajstić information content (AvgIpc) is 2.70. The number of ether oxygens (including phenoxy) is 2. The van der Waals surface area contributed by atoms with Crippen molar-refractivity contribution < 1.29 is 22.1 Å². The molecule has 2 aliphatic rings. The third kappa shape index (κ3) is 3.63. The molecule has 1 fully saturated rings. The highest BCUT2D eigenvalue weighted by molar-refractivity contribution is 7.86. The SMILES string of the molecule is CC1(C)c2cc(OS(C)(=O)=O)ccc2OC1OC1CCCCC1. The van der Waals surface area contributed by atoms with Crippen molar-refractivity contribution in [2.24, 2.45) is 0 Å².